The molecular weight excluding hydrogens is 327 g/mol. The Balaban J connectivity index is 2.07. The van der Waals surface area contributed by atoms with Gasteiger partial charge in [-0.15, -0.1) is 0 Å². The van der Waals surface area contributed by atoms with Gasteiger partial charge in [0.1, 0.15) is 11.9 Å². The number of hydrogen-bond donors (Lipinski definition) is 1. The van der Waals surface area contributed by atoms with E-state index < -0.39 is 0 Å². The molecule has 1 N–H and O–H groups in total. The molecule has 1 aromatic rings. The molecule has 2 rings (SSSR count). The fourth-order valence-electron chi connectivity index (χ4n) is 2.16. The SMILES string of the molecule is CCN(Cc1cc(Br)ccc1F)C(=O)[C@H]1COCCN1. The molecule has 1 aliphatic heterocycles. The Morgan fingerprint density at radius 2 is 2.40 bits per heavy atom. The van der Waals surface area contributed by atoms with Crippen molar-refractivity contribution in [3.05, 3.63) is 34.1 Å². The second-order valence-electron chi connectivity index (χ2n) is 4.67. The molecule has 4 nitrogen and oxygen atoms in total. The van der Waals surface area contributed by atoms with E-state index in [9.17, 15) is 9.18 Å². The number of nitrogens with zero attached hydrogens (tertiary/aromatic N) is 1. The number of carbonyl (C=O) groups excluding carboxylic acids is 1. The van der Waals surface area contributed by atoms with Gasteiger partial charge >= 0.3 is 0 Å². The minimum absolute atomic E-state index is 0.0495. The van der Waals surface area contributed by atoms with Crippen molar-refractivity contribution >= 4 is 21.8 Å². The summed E-state index contributed by atoms with van der Waals surface area (Å²) in [4.78, 5) is 14.0. The number of hydrogen-bond acceptors (Lipinski definition) is 3. The van der Waals surface area contributed by atoms with Gasteiger partial charge in [0.15, 0.2) is 0 Å². The molecule has 1 aromatic carbocycles. The largest absolute Gasteiger partial charge is 0.378 e. The van der Waals surface area contributed by atoms with E-state index in [0.717, 1.165) is 4.47 Å². The quantitative estimate of drug-likeness (QED) is 0.907. The van der Waals surface area contributed by atoms with Gasteiger partial charge in [0, 0.05) is 29.7 Å². The number of likely N-dealkylation sites (N-methyl/N-ethyl adjacent to an activating group) is 1. The van der Waals surface area contributed by atoms with E-state index in [2.05, 4.69) is 21.2 Å². The Kier molecular flexibility index (Phi) is 5.51. The molecule has 6 heteroatoms. The first-order valence-electron chi connectivity index (χ1n) is 6.65. The fourth-order valence-corrected chi connectivity index (χ4v) is 2.57. The summed E-state index contributed by atoms with van der Waals surface area (Å²) in [5.41, 5.74) is 0.506. The van der Waals surface area contributed by atoms with Gasteiger partial charge in [-0.25, -0.2) is 4.39 Å². The maximum Gasteiger partial charge on any atom is 0.242 e. The Hall–Kier alpha value is -0.980. The van der Waals surface area contributed by atoms with Gasteiger partial charge in [-0.05, 0) is 25.1 Å². The Morgan fingerprint density at radius 3 is 3.05 bits per heavy atom. The lowest BCUT2D eigenvalue weighted by atomic mass is 10.1. The molecule has 0 radical (unpaired) electrons. The predicted molar refractivity (Wildman–Crippen MR) is 77.8 cm³/mol. The highest BCUT2D eigenvalue weighted by molar-refractivity contribution is 9.10. The van der Waals surface area contributed by atoms with Gasteiger partial charge in [-0.3, -0.25) is 4.79 Å². The molecule has 0 aliphatic carbocycles. The summed E-state index contributed by atoms with van der Waals surface area (Å²) in [6.45, 7) is 4.34. The molecule has 1 saturated heterocycles. The second kappa shape index (κ2) is 7.15. The molecule has 0 aromatic heterocycles. The second-order valence-corrected chi connectivity index (χ2v) is 5.59. The maximum absolute atomic E-state index is 13.8. The standard InChI is InChI=1S/C14H18BrFN2O2/c1-2-18(14(19)13-9-20-6-5-17-13)8-10-7-11(15)3-4-12(10)16/h3-4,7,13,17H,2,5-6,8-9H2,1H3/t13-/m1/s1. The van der Waals surface area contributed by atoms with Crippen molar-refractivity contribution in [2.24, 2.45) is 0 Å². The number of ether oxygens (including phenoxy) is 1. The Labute approximate surface area is 126 Å². The van der Waals surface area contributed by atoms with Gasteiger partial charge in [0.2, 0.25) is 5.91 Å². The van der Waals surface area contributed by atoms with E-state index in [-0.39, 0.29) is 24.3 Å². The summed E-state index contributed by atoms with van der Waals surface area (Å²) >= 11 is 3.32. The number of nitrogens with one attached hydrogen (secondary N) is 1. The first-order valence-corrected chi connectivity index (χ1v) is 7.45. The third-order valence-corrected chi connectivity index (χ3v) is 3.78. The van der Waals surface area contributed by atoms with Gasteiger partial charge in [-0.1, -0.05) is 15.9 Å². The van der Waals surface area contributed by atoms with Crippen LogP contribution < -0.4 is 5.32 Å². The molecule has 0 spiro atoms. The molecule has 1 aliphatic rings. The fraction of sp³-hybridized carbons (Fsp3) is 0.500. The number of rotatable bonds is 4. The minimum Gasteiger partial charge on any atom is -0.378 e. The summed E-state index contributed by atoms with van der Waals surface area (Å²) in [6, 6.07) is 4.42. The van der Waals surface area contributed by atoms with Crippen molar-refractivity contribution in [2.45, 2.75) is 19.5 Å². The van der Waals surface area contributed by atoms with Crippen LogP contribution in [-0.4, -0.2) is 43.2 Å². The zero-order valence-corrected chi connectivity index (χ0v) is 13.0. The molecule has 1 amide bonds. The van der Waals surface area contributed by atoms with Crippen LogP contribution in [0.5, 0.6) is 0 Å². The zero-order valence-electron chi connectivity index (χ0n) is 11.4. The third kappa shape index (κ3) is 3.77. The van der Waals surface area contributed by atoms with Crippen molar-refractivity contribution in [1.29, 1.82) is 0 Å². The highest BCUT2D eigenvalue weighted by atomic mass is 79.9. The Bertz CT molecular complexity index is 478. The van der Waals surface area contributed by atoms with Crippen LogP contribution in [0.3, 0.4) is 0 Å². The lowest BCUT2D eigenvalue weighted by Crippen LogP contribution is -2.52. The summed E-state index contributed by atoms with van der Waals surface area (Å²) in [6.07, 6.45) is 0. The van der Waals surface area contributed by atoms with Crippen LogP contribution in [0.4, 0.5) is 4.39 Å². The van der Waals surface area contributed by atoms with Gasteiger partial charge < -0.3 is 15.0 Å². The zero-order chi connectivity index (χ0) is 14.5. The lowest BCUT2D eigenvalue weighted by molar-refractivity contribution is -0.136. The lowest BCUT2D eigenvalue weighted by Gasteiger charge is -2.29. The van der Waals surface area contributed by atoms with Crippen molar-refractivity contribution in [3.8, 4) is 0 Å². The normalized spacial score (nSPS) is 18.9. The molecule has 1 fully saturated rings. The predicted octanol–water partition coefficient (Wildman–Crippen LogP) is 1.93. The van der Waals surface area contributed by atoms with Crippen molar-refractivity contribution in [3.63, 3.8) is 0 Å². The van der Waals surface area contributed by atoms with Crippen molar-refractivity contribution < 1.29 is 13.9 Å². The van der Waals surface area contributed by atoms with Crippen LogP contribution in [0.2, 0.25) is 0 Å². The van der Waals surface area contributed by atoms with E-state index in [1.54, 1.807) is 17.0 Å². The van der Waals surface area contributed by atoms with Crippen LogP contribution in [0.15, 0.2) is 22.7 Å². The number of halogens is 2. The van der Waals surface area contributed by atoms with E-state index in [1.807, 2.05) is 6.92 Å². The number of morpholine rings is 1. The summed E-state index contributed by atoms with van der Waals surface area (Å²) in [7, 11) is 0. The van der Waals surface area contributed by atoms with Crippen LogP contribution in [0.25, 0.3) is 0 Å². The molecule has 20 heavy (non-hydrogen) atoms. The number of benzene rings is 1. The summed E-state index contributed by atoms with van der Waals surface area (Å²) < 4.78 is 19.9. The van der Waals surface area contributed by atoms with Crippen molar-refractivity contribution in [1.82, 2.24) is 10.2 Å². The maximum atomic E-state index is 13.8. The van der Waals surface area contributed by atoms with Crippen LogP contribution in [0, 0.1) is 5.82 Å². The first-order chi connectivity index (χ1) is 9.61. The molecule has 0 unspecified atom stereocenters. The number of carbonyl (C=O) groups is 1. The average molecular weight is 345 g/mol. The van der Waals surface area contributed by atoms with Crippen LogP contribution in [-0.2, 0) is 16.1 Å². The minimum atomic E-state index is -0.334. The molecule has 110 valence electrons. The van der Waals surface area contributed by atoms with E-state index >= 15 is 0 Å². The average Bonchev–Trinajstić information content (AvgIpc) is 2.48. The van der Waals surface area contributed by atoms with E-state index in [0.29, 0.717) is 31.9 Å². The summed E-state index contributed by atoms with van der Waals surface area (Å²) in [5, 5.41) is 3.13. The van der Waals surface area contributed by atoms with Gasteiger partial charge in [0.05, 0.1) is 13.2 Å². The van der Waals surface area contributed by atoms with E-state index in [1.165, 1.54) is 6.07 Å². The number of amides is 1. The third-order valence-electron chi connectivity index (χ3n) is 3.28. The van der Waals surface area contributed by atoms with Gasteiger partial charge in [-0.2, -0.15) is 0 Å². The van der Waals surface area contributed by atoms with Crippen LogP contribution in [0.1, 0.15) is 12.5 Å². The molecule has 1 heterocycles. The Morgan fingerprint density at radius 1 is 1.60 bits per heavy atom. The highest BCUT2D eigenvalue weighted by Gasteiger charge is 2.26. The summed E-state index contributed by atoms with van der Waals surface area (Å²) in [5.74, 6) is -0.348. The molecular formula is C14H18BrFN2O2. The molecule has 1 atom stereocenters. The first kappa shape index (κ1) is 15.4. The topological polar surface area (TPSA) is 41.6 Å². The molecule has 0 saturated carbocycles. The smallest absolute Gasteiger partial charge is 0.242 e. The van der Waals surface area contributed by atoms with Crippen molar-refractivity contribution in [2.75, 3.05) is 26.3 Å². The monoisotopic (exact) mass is 344 g/mol. The van der Waals surface area contributed by atoms with Crippen LogP contribution >= 0.6 is 15.9 Å². The van der Waals surface area contributed by atoms with E-state index in [4.69, 9.17) is 4.74 Å². The molecule has 0 bridgehead atoms. The highest BCUT2D eigenvalue weighted by Crippen LogP contribution is 2.17. The van der Waals surface area contributed by atoms with Gasteiger partial charge in [0.25, 0.3) is 0 Å².